The van der Waals surface area contributed by atoms with E-state index in [9.17, 15) is 9.59 Å². The Morgan fingerprint density at radius 1 is 0.792 bits per heavy atom. The summed E-state index contributed by atoms with van der Waals surface area (Å²) in [7, 11) is 0. The van der Waals surface area contributed by atoms with Crippen molar-refractivity contribution < 1.29 is 24.9 Å². The van der Waals surface area contributed by atoms with E-state index in [1.165, 1.54) is 44.9 Å². The van der Waals surface area contributed by atoms with Gasteiger partial charge in [-0.25, -0.2) is 0 Å². The van der Waals surface area contributed by atoms with Gasteiger partial charge in [-0.1, -0.05) is 71.1 Å². The number of hydrogen-bond acceptors (Lipinski definition) is 3. The van der Waals surface area contributed by atoms with Crippen molar-refractivity contribution in [2.24, 2.45) is 5.92 Å². The van der Waals surface area contributed by atoms with E-state index in [1.54, 1.807) is 13.8 Å². The molecule has 0 rings (SSSR count). The van der Waals surface area contributed by atoms with Crippen LogP contribution in [-0.4, -0.2) is 33.4 Å². The third-order valence-corrected chi connectivity index (χ3v) is 3.68. The van der Waals surface area contributed by atoms with Crippen molar-refractivity contribution in [3.63, 3.8) is 0 Å². The summed E-state index contributed by atoms with van der Waals surface area (Å²) in [5.41, 5.74) is 0. The van der Waals surface area contributed by atoms with E-state index in [0.717, 1.165) is 19.3 Å². The van der Waals surface area contributed by atoms with Crippen molar-refractivity contribution in [1.82, 2.24) is 0 Å². The van der Waals surface area contributed by atoms with Crippen molar-refractivity contribution in [2.75, 3.05) is 0 Å². The predicted molar refractivity (Wildman–Crippen MR) is 97.2 cm³/mol. The molecule has 0 bridgehead atoms. The summed E-state index contributed by atoms with van der Waals surface area (Å²) in [5, 5.41) is 25.6. The van der Waals surface area contributed by atoms with E-state index in [1.807, 2.05) is 0 Å². The molecular weight excluding hydrogens is 308 g/mol. The second-order valence-corrected chi connectivity index (χ2v) is 6.70. The Bertz CT molecular complexity index is 299. The molecular formula is C19H38O5. The van der Waals surface area contributed by atoms with Crippen LogP contribution in [0.15, 0.2) is 0 Å². The van der Waals surface area contributed by atoms with E-state index < -0.39 is 17.9 Å². The predicted octanol–water partition coefficient (Wildman–Crippen LogP) is 4.86. The molecule has 0 saturated carbocycles. The van der Waals surface area contributed by atoms with Crippen molar-refractivity contribution in [2.45, 2.75) is 104 Å². The second-order valence-electron chi connectivity index (χ2n) is 6.70. The topological polar surface area (TPSA) is 94.8 Å². The first kappa shape index (κ1) is 25.1. The number of carboxylic acids is 2. The van der Waals surface area contributed by atoms with Gasteiger partial charge < -0.3 is 15.3 Å². The number of aliphatic hydroxyl groups is 1. The van der Waals surface area contributed by atoms with Gasteiger partial charge in [0.2, 0.25) is 0 Å². The molecule has 24 heavy (non-hydrogen) atoms. The number of aliphatic hydroxyl groups excluding tert-OH is 1. The summed E-state index contributed by atoms with van der Waals surface area (Å²) in [6.07, 6.45) is 12.1. The first-order valence-electron chi connectivity index (χ1n) is 9.43. The van der Waals surface area contributed by atoms with Gasteiger partial charge in [-0.05, 0) is 20.3 Å². The molecule has 0 aromatic rings. The number of aliphatic carboxylic acids is 2. The smallest absolute Gasteiger partial charge is 0.307 e. The monoisotopic (exact) mass is 346 g/mol. The Hall–Kier alpha value is -1.10. The minimum atomic E-state index is -1.02. The summed E-state index contributed by atoms with van der Waals surface area (Å²) in [6.45, 7) is 5.66. The average molecular weight is 347 g/mol. The van der Waals surface area contributed by atoms with Crippen LogP contribution >= 0.6 is 0 Å². The molecule has 144 valence electrons. The van der Waals surface area contributed by atoms with Gasteiger partial charge in [0.1, 0.15) is 0 Å². The molecule has 0 aromatic heterocycles. The number of carboxylic acid groups (broad SMARTS) is 2. The van der Waals surface area contributed by atoms with Crippen molar-refractivity contribution >= 4 is 11.9 Å². The van der Waals surface area contributed by atoms with Crippen LogP contribution in [0.2, 0.25) is 0 Å². The van der Waals surface area contributed by atoms with Crippen molar-refractivity contribution in [1.29, 1.82) is 0 Å². The Balaban J connectivity index is 0. The van der Waals surface area contributed by atoms with Crippen LogP contribution in [0.3, 0.4) is 0 Å². The molecule has 0 aromatic carbocycles. The van der Waals surface area contributed by atoms with E-state index in [4.69, 9.17) is 15.3 Å². The van der Waals surface area contributed by atoms with Gasteiger partial charge in [-0.2, -0.15) is 0 Å². The van der Waals surface area contributed by atoms with Gasteiger partial charge in [0.15, 0.2) is 0 Å². The van der Waals surface area contributed by atoms with Crippen LogP contribution in [0.25, 0.3) is 0 Å². The van der Waals surface area contributed by atoms with Crippen LogP contribution < -0.4 is 0 Å². The van der Waals surface area contributed by atoms with Gasteiger partial charge in [0.25, 0.3) is 0 Å². The summed E-state index contributed by atoms with van der Waals surface area (Å²) < 4.78 is 0. The number of rotatable bonds is 14. The lowest BCUT2D eigenvalue weighted by Gasteiger charge is -2.09. The van der Waals surface area contributed by atoms with E-state index >= 15 is 0 Å². The minimum absolute atomic E-state index is 0.167. The van der Waals surface area contributed by atoms with Crippen molar-refractivity contribution in [3.8, 4) is 0 Å². The molecule has 0 radical (unpaired) electrons. The molecule has 0 saturated heterocycles. The summed E-state index contributed by atoms with van der Waals surface area (Å²) in [4.78, 5) is 21.4. The summed E-state index contributed by atoms with van der Waals surface area (Å²) >= 11 is 0. The van der Waals surface area contributed by atoms with Crippen LogP contribution in [0, 0.1) is 5.92 Å². The third kappa shape index (κ3) is 23.2. The molecule has 0 amide bonds. The summed E-state index contributed by atoms with van der Waals surface area (Å²) in [6, 6.07) is 0. The molecule has 0 aliphatic rings. The maximum Gasteiger partial charge on any atom is 0.307 e. The lowest BCUT2D eigenvalue weighted by Crippen LogP contribution is -2.17. The Labute approximate surface area is 147 Å². The molecule has 5 heteroatoms. The maximum absolute atomic E-state index is 10.9. The third-order valence-electron chi connectivity index (χ3n) is 3.68. The lowest BCUT2D eigenvalue weighted by molar-refractivity contribution is -0.148. The van der Waals surface area contributed by atoms with Crippen LogP contribution in [-0.2, 0) is 9.59 Å². The first-order chi connectivity index (χ1) is 11.3. The molecule has 0 aliphatic carbocycles. The Morgan fingerprint density at radius 2 is 1.17 bits per heavy atom. The number of carbonyl (C=O) groups is 2. The number of hydrogen-bond donors (Lipinski definition) is 3. The zero-order valence-corrected chi connectivity index (χ0v) is 15.8. The molecule has 0 aliphatic heterocycles. The fourth-order valence-electron chi connectivity index (χ4n) is 2.40. The summed E-state index contributed by atoms with van der Waals surface area (Å²) in [5.74, 6) is -2.73. The highest BCUT2D eigenvalue weighted by Gasteiger charge is 2.19. The average Bonchev–Trinajstić information content (AvgIpc) is 2.46. The molecule has 0 fully saturated rings. The fourth-order valence-corrected chi connectivity index (χ4v) is 2.40. The first-order valence-corrected chi connectivity index (χ1v) is 9.43. The fraction of sp³-hybridized carbons (Fsp3) is 0.895. The highest BCUT2D eigenvalue weighted by molar-refractivity contribution is 5.77. The molecule has 1 atom stereocenters. The van der Waals surface area contributed by atoms with E-state index in [2.05, 4.69) is 6.92 Å². The van der Waals surface area contributed by atoms with E-state index in [0.29, 0.717) is 6.42 Å². The standard InChI is InChI=1S/C16H30O4.C3H8O/c1-2-3-4-5-6-7-8-9-10-11-12-14(16(19)20)13-15(17)18;1-3(2)4/h14H,2-13H2,1H3,(H,17,18)(H,19,20);3-4H,1-2H3. The highest BCUT2D eigenvalue weighted by Crippen LogP contribution is 2.16. The van der Waals surface area contributed by atoms with Gasteiger partial charge in [-0.3, -0.25) is 9.59 Å². The van der Waals surface area contributed by atoms with Gasteiger partial charge in [0.05, 0.1) is 12.3 Å². The highest BCUT2D eigenvalue weighted by atomic mass is 16.4. The van der Waals surface area contributed by atoms with Gasteiger partial charge >= 0.3 is 11.9 Å². The Kier molecular flexibility index (Phi) is 19.1. The number of unbranched alkanes of at least 4 members (excludes halogenated alkanes) is 9. The second kappa shape index (κ2) is 18.2. The largest absolute Gasteiger partial charge is 0.481 e. The van der Waals surface area contributed by atoms with Gasteiger partial charge in [0, 0.05) is 6.10 Å². The van der Waals surface area contributed by atoms with Gasteiger partial charge in [-0.15, -0.1) is 0 Å². The minimum Gasteiger partial charge on any atom is -0.481 e. The molecule has 0 spiro atoms. The maximum atomic E-state index is 10.9. The normalized spacial score (nSPS) is 11.7. The molecule has 1 unspecified atom stereocenters. The Morgan fingerprint density at radius 3 is 1.50 bits per heavy atom. The zero-order chi connectivity index (χ0) is 18.8. The van der Waals surface area contributed by atoms with Crippen LogP contribution in [0.4, 0.5) is 0 Å². The quantitative estimate of drug-likeness (QED) is 0.390. The van der Waals surface area contributed by atoms with Crippen molar-refractivity contribution in [3.05, 3.63) is 0 Å². The SMILES string of the molecule is CC(C)O.CCCCCCCCCCCCC(CC(=O)O)C(=O)O. The molecule has 5 nitrogen and oxygen atoms in total. The molecule has 3 N–H and O–H groups in total. The lowest BCUT2D eigenvalue weighted by atomic mass is 9.97. The molecule has 0 heterocycles. The zero-order valence-electron chi connectivity index (χ0n) is 15.8. The van der Waals surface area contributed by atoms with E-state index in [-0.39, 0.29) is 12.5 Å². The van der Waals surface area contributed by atoms with Crippen LogP contribution in [0.1, 0.15) is 97.8 Å². The van der Waals surface area contributed by atoms with Crippen LogP contribution in [0.5, 0.6) is 0 Å².